The van der Waals surface area contributed by atoms with Crippen molar-refractivity contribution in [3.8, 4) is 23.6 Å². The number of nitrogens with zero attached hydrogens (tertiary/aromatic N) is 7. The number of methoxy groups -OCH3 is 2. The second-order valence-electron chi connectivity index (χ2n) is 15.6. The highest BCUT2D eigenvalue weighted by Crippen LogP contribution is 2.56. The van der Waals surface area contributed by atoms with E-state index in [1.54, 1.807) is 55.6 Å². The Labute approximate surface area is 397 Å². The largest absolute Gasteiger partial charge is 0.497 e. The van der Waals surface area contributed by atoms with Gasteiger partial charge in [0, 0.05) is 37.7 Å². The van der Waals surface area contributed by atoms with Crippen LogP contribution >= 0.6 is 19.4 Å². The molecule has 0 aliphatic carbocycles. The lowest BCUT2D eigenvalue weighted by molar-refractivity contribution is -0.160. The number of rotatable bonds is 19. The number of benzene rings is 4. The minimum atomic E-state index is -4.74. The first-order valence-corrected chi connectivity index (χ1v) is 23.2. The highest BCUT2D eigenvalue weighted by atomic mass is 35.5. The molecule has 0 bridgehead atoms. The summed E-state index contributed by atoms with van der Waals surface area (Å²) in [6, 6.07) is 31.4. The van der Waals surface area contributed by atoms with E-state index in [1.165, 1.54) is 36.9 Å². The van der Waals surface area contributed by atoms with Crippen LogP contribution in [0.5, 0.6) is 11.5 Å². The fourth-order valence-corrected chi connectivity index (χ4v) is 9.16. The van der Waals surface area contributed by atoms with Crippen LogP contribution in [0.25, 0.3) is 5.65 Å². The average Bonchev–Trinajstić information content (AvgIpc) is 3.79. The monoisotopic (exact) mass is 962 g/mol. The van der Waals surface area contributed by atoms with Gasteiger partial charge in [-0.3, -0.25) is 13.6 Å². The van der Waals surface area contributed by atoms with Crippen LogP contribution in [0.1, 0.15) is 48.2 Å². The molecule has 0 radical (unpaired) electrons. The number of esters is 1. The fraction of sp³-hybridized carbons (Fsp3) is 0.298. The molecule has 0 saturated carbocycles. The van der Waals surface area contributed by atoms with Crippen molar-refractivity contribution in [2.75, 3.05) is 44.1 Å². The van der Waals surface area contributed by atoms with Gasteiger partial charge in [0.2, 0.25) is 5.95 Å². The Morgan fingerprint density at radius 3 is 2.25 bits per heavy atom. The van der Waals surface area contributed by atoms with Crippen molar-refractivity contribution in [2.24, 2.45) is 5.92 Å². The highest BCUT2D eigenvalue weighted by molar-refractivity contribution is 7.48. The molecule has 0 spiro atoms. The fourth-order valence-electron chi connectivity index (χ4n) is 7.50. The van der Waals surface area contributed by atoms with Gasteiger partial charge in [0.25, 0.3) is 0 Å². The molecule has 68 heavy (non-hydrogen) atoms. The number of carbonyl (C=O) groups is 2. The van der Waals surface area contributed by atoms with Crippen LogP contribution in [0.2, 0.25) is 5.02 Å². The lowest BCUT2D eigenvalue weighted by Gasteiger charge is -2.43. The third kappa shape index (κ3) is 11.5. The Bertz CT molecular complexity index is 2810. The minimum Gasteiger partial charge on any atom is -0.497 e. The van der Waals surface area contributed by atoms with Crippen molar-refractivity contribution in [2.45, 2.75) is 51.7 Å². The molecular formula is C47H48ClN10O9P. The topological polar surface area (TPSA) is 237 Å². The number of phosphoric acid groups is 1. The predicted octanol–water partition coefficient (Wildman–Crippen LogP) is 7.86. The number of aromatic nitrogens is 4. The molecule has 4 aromatic carbocycles. The first kappa shape index (κ1) is 48.8. The number of hydrogen-bond acceptors (Lipinski definition) is 17. The summed E-state index contributed by atoms with van der Waals surface area (Å²) in [6.07, 6.45) is 0.909. The zero-order valence-corrected chi connectivity index (χ0v) is 39.2. The van der Waals surface area contributed by atoms with Gasteiger partial charge < -0.3 is 35.1 Å². The number of anilines is 3. The number of ether oxygens (including phenoxy) is 3. The summed E-state index contributed by atoms with van der Waals surface area (Å²) in [6.45, 7) is 4.23. The minimum absolute atomic E-state index is 0.00582. The Hall–Kier alpha value is -7.09. The van der Waals surface area contributed by atoms with E-state index < -0.39 is 37.4 Å². The zero-order chi connectivity index (χ0) is 48.3. The van der Waals surface area contributed by atoms with Crippen LogP contribution in [-0.2, 0) is 47.4 Å². The Morgan fingerprint density at radius 1 is 0.971 bits per heavy atom. The summed E-state index contributed by atoms with van der Waals surface area (Å²) < 4.78 is 51.0. The number of nitrogens with one attached hydrogen (secondary N) is 3. The van der Waals surface area contributed by atoms with Gasteiger partial charge in [0.05, 0.1) is 51.0 Å². The first-order chi connectivity index (χ1) is 32.9. The Morgan fingerprint density at radius 2 is 1.65 bits per heavy atom. The molecule has 1 aliphatic rings. The van der Waals surface area contributed by atoms with Gasteiger partial charge in [0.1, 0.15) is 16.8 Å². The molecule has 2 aromatic heterocycles. The molecule has 1 amide bonds. The maximum absolute atomic E-state index is 15.0. The van der Waals surface area contributed by atoms with Gasteiger partial charge in [-0.05, 0) is 61.7 Å². The van der Waals surface area contributed by atoms with E-state index in [0.717, 1.165) is 5.56 Å². The van der Waals surface area contributed by atoms with E-state index in [2.05, 4.69) is 38.2 Å². The summed E-state index contributed by atoms with van der Waals surface area (Å²) >= 11 is 7.04. The van der Waals surface area contributed by atoms with Crippen molar-refractivity contribution >= 4 is 54.6 Å². The predicted molar refractivity (Wildman–Crippen MR) is 250 cm³/mol. The molecule has 6 aromatic rings. The van der Waals surface area contributed by atoms with Crippen molar-refractivity contribution < 1.29 is 41.9 Å². The number of halogens is 1. The van der Waals surface area contributed by atoms with Crippen molar-refractivity contribution in [3.05, 3.63) is 136 Å². The third-order valence-corrected chi connectivity index (χ3v) is 13.0. The Kier molecular flexibility index (Phi) is 15.9. The first-order valence-electron chi connectivity index (χ1n) is 21.4. The normalized spacial score (nSPS) is 15.6. The molecule has 21 heteroatoms. The summed E-state index contributed by atoms with van der Waals surface area (Å²) in [4.78, 5) is 38.9. The summed E-state index contributed by atoms with van der Waals surface area (Å²) in [5.74, 6) is -1.38. The van der Waals surface area contributed by atoms with Crippen molar-refractivity contribution in [1.29, 1.82) is 10.5 Å². The number of imidazole rings is 1. The number of amides is 1. The maximum atomic E-state index is 15.0. The van der Waals surface area contributed by atoms with E-state index in [9.17, 15) is 19.9 Å². The van der Waals surface area contributed by atoms with Gasteiger partial charge in [0.15, 0.2) is 28.5 Å². The van der Waals surface area contributed by atoms with Gasteiger partial charge in [-0.15, -0.1) is 5.10 Å². The smallest absolute Gasteiger partial charge is 0.476 e. The van der Waals surface area contributed by atoms with Crippen LogP contribution in [0.3, 0.4) is 0 Å². The number of fused-ring (bicyclic) bond motifs is 1. The number of piperidine rings is 1. The van der Waals surface area contributed by atoms with Crippen LogP contribution in [0, 0.1) is 28.6 Å². The molecule has 19 nitrogen and oxygen atoms in total. The molecule has 3 N–H and O–H groups in total. The van der Waals surface area contributed by atoms with Crippen molar-refractivity contribution in [1.82, 2.24) is 30.2 Å². The summed E-state index contributed by atoms with van der Waals surface area (Å²) in [7, 11) is -1.94. The summed E-state index contributed by atoms with van der Waals surface area (Å²) in [5.41, 5.74) is 0.471. The average molecular weight is 963 g/mol. The molecule has 1 saturated heterocycles. The third-order valence-electron chi connectivity index (χ3n) is 11.1. The number of hydrogen-bond donors (Lipinski definition) is 3. The van der Waals surface area contributed by atoms with E-state index >= 15 is 4.79 Å². The number of nitriles is 2. The lowest BCUT2D eigenvalue weighted by atomic mass is 9.79. The van der Waals surface area contributed by atoms with E-state index in [0.29, 0.717) is 54.4 Å². The Balaban J connectivity index is 1.25. The van der Waals surface area contributed by atoms with Crippen LogP contribution < -0.4 is 30.3 Å². The maximum Gasteiger partial charge on any atom is 0.476 e. The van der Waals surface area contributed by atoms with Gasteiger partial charge in [-0.2, -0.15) is 20.0 Å². The van der Waals surface area contributed by atoms with Gasteiger partial charge in [-0.25, -0.2) is 19.1 Å². The van der Waals surface area contributed by atoms with Crippen LogP contribution in [-0.4, -0.2) is 77.1 Å². The van der Waals surface area contributed by atoms with Crippen LogP contribution in [0.4, 0.5) is 22.2 Å². The number of phosphoric ester groups is 1. The van der Waals surface area contributed by atoms with Gasteiger partial charge >= 0.3 is 19.9 Å². The SMILES string of the molecule is CCN(Cc1ccc(OC)cc1)c1nc(Nc2cc(C#N)cc(OC(=O)C(C)(OP(=O)(OCc3ccccc3)OCc3ccccc3)C3CNCCC3NC(=O)OC)c2Cl)nn2c(C#N)cnc12. The molecule has 1 fully saturated rings. The summed E-state index contributed by atoms with van der Waals surface area (Å²) in [5, 5.41) is 33.6. The molecular weight excluding hydrogens is 915 g/mol. The molecule has 3 heterocycles. The molecule has 3 unspecified atom stereocenters. The second kappa shape index (κ2) is 22.1. The zero-order valence-electron chi connectivity index (χ0n) is 37.5. The van der Waals surface area contributed by atoms with Crippen LogP contribution in [0.15, 0.2) is 103 Å². The lowest BCUT2D eigenvalue weighted by Crippen LogP contribution is -2.61. The van der Waals surface area contributed by atoms with Crippen molar-refractivity contribution in [3.63, 3.8) is 0 Å². The number of alkyl carbamates (subject to hydrolysis) is 1. The van der Waals surface area contributed by atoms with E-state index in [4.69, 9.17) is 44.4 Å². The standard InChI is InChI=1S/C47H48ClN10O9P/c1-5-57(28-31-16-18-36(62-3)19-17-31)43-42-52-26-35(25-50)58(42)56-45(55-43)53-39-22-34(24-49)23-40(41(39)48)66-44(59)47(2,37-27-51-21-20-38(37)54-46(60)63-4)67-68(61,64-29-32-12-8-6-9-13-32)65-30-33-14-10-7-11-15-33/h6-19,22-23,26,37-38,51H,5,20-21,27-30H2,1-4H3,(H,53,56)(H,54,60). The second-order valence-corrected chi connectivity index (χ2v) is 17.6. The van der Waals surface area contributed by atoms with E-state index in [-0.39, 0.29) is 53.4 Å². The highest BCUT2D eigenvalue weighted by Gasteiger charge is 2.54. The van der Waals surface area contributed by atoms with Gasteiger partial charge in [-0.1, -0.05) is 84.4 Å². The molecule has 352 valence electrons. The quantitative estimate of drug-likeness (QED) is 0.0398. The molecule has 3 atom stereocenters. The number of carbonyl (C=O) groups excluding carboxylic acids is 2. The molecule has 1 aliphatic heterocycles. The van der Waals surface area contributed by atoms with E-state index in [1.807, 2.05) is 48.2 Å². The molecule has 7 rings (SSSR count).